The van der Waals surface area contributed by atoms with Gasteiger partial charge in [0, 0.05) is 19.2 Å². The van der Waals surface area contributed by atoms with Crippen molar-refractivity contribution in [3.05, 3.63) is 0 Å². The number of thioether (sulfide) groups is 1. The van der Waals surface area contributed by atoms with Gasteiger partial charge in [-0.1, -0.05) is 33.1 Å². The molecule has 0 radical (unpaired) electrons. The van der Waals surface area contributed by atoms with Crippen LogP contribution in [0.4, 0.5) is 0 Å². The van der Waals surface area contributed by atoms with E-state index in [4.69, 9.17) is 4.74 Å². The number of unbranched alkanes of at least 4 members (excludes halogenated alkanes) is 3. The predicted molar refractivity (Wildman–Crippen MR) is 86.0 cm³/mol. The van der Waals surface area contributed by atoms with Gasteiger partial charge in [-0.05, 0) is 31.3 Å². The van der Waals surface area contributed by atoms with Gasteiger partial charge >= 0.3 is 0 Å². The van der Waals surface area contributed by atoms with Crippen molar-refractivity contribution in [3.8, 4) is 0 Å². The summed E-state index contributed by atoms with van der Waals surface area (Å²) in [6.07, 6.45) is 5.65. The first kappa shape index (κ1) is 19.2. The van der Waals surface area contributed by atoms with Gasteiger partial charge < -0.3 is 15.2 Å². The third-order valence-corrected chi connectivity index (χ3v) is 3.99. The second kappa shape index (κ2) is 14.6. The second-order valence-electron chi connectivity index (χ2n) is 5.08. The average Bonchev–Trinajstić information content (AvgIpc) is 2.40. The minimum atomic E-state index is -0.382. The Balaban J connectivity index is 3.30. The lowest BCUT2D eigenvalue weighted by molar-refractivity contribution is 0.0343. The zero-order valence-corrected chi connectivity index (χ0v) is 13.8. The normalized spacial score (nSPS) is 14.5. The van der Waals surface area contributed by atoms with Gasteiger partial charge in [0.1, 0.15) is 0 Å². The van der Waals surface area contributed by atoms with Gasteiger partial charge in [-0.2, -0.15) is 11.8 Å². The quantitative estimate of drug-likeness (QED) is 0.483. The van der Waals surface area contributed by atoms with E-state index in [2.05, 4.69) is 26.1 Å². The maximum Gasteiger partial charge on any atom is 0.0897 e. The number of ether oxygens (including phenoxy) is 1. The van der Waals surface area contributed by atoms with Crippen LogP contribution in [0.25, 0.3) is 0 Å². The molecule has 4 heteroatoms. The zero-order valence-electron chi connectivity index (χ0n) is 13.0. The molecular formula is C15H33NO2S. The minimum absolute atomic E-state index is 0.382. The fourth-order valence-electron chi connectivity index (χ4n) is 1.75. The molecule has 19 heavy (non-hydrogen) atoms. The van der Waals surface area contributed by atoms with E-state index in [0.717, 1.165) is 19.4 Å². The van der Waals surface area contributed by atoms with Crippen LogP contribution >= 0.6 is 11.8 Å². The van der Waals surface area contributed by atoms with Crippen molar-refractivity contribution in [2.24, 2.45) is 0 Å². The van der Waals surface area contributed by atoms with Crippen LogP contribution in [-0.2, 0) is 4.74 Å². The number of aliphatic hydroxyl groups is 1. The van der Waals surface area contributed by atoms with Crippen LogP contribution in [0.1, 0.15) is 52.9 Å². The molecule has 0 aromatic carbocycles. The van der Waals surface area contributed by atoms with Crippen LogP contribution in [0.15, 0.2) is 0 Å². The van der Waals surface area contributed by atoms with Crippen LogP contribution in [0, 0.1) is 0 Å². The monoisotopic (exact) mass is 291 g/mol. The molecule has 2 atom stereocenters. The van der Waals surface area contributed by atoms with Gasteiger partial charge in [0.15, 0.2) is 0 Å². The molecule has 0 aromatic rings. The Morgan fingerprint density at radius 2 is 2.00 bits per heavy atom. The lowest BCUT2D eigenvalue weighted by Gasteiger charge is -2.17. The van der Waals surface area contributed by atoms with Crippen LogP contribution in [0.2, 0.25) is 0 Å². The first-order valence-corrected chi connectivity index (χ1v) is 8.93. The number of rotatable bonds is 14. The van der Waals surface area contributed by atoms with E-state index in [0.29, 0.717) is 19.2 Å². The van der Waals surface area contributed by atoms with E-state index in [-0.39, 0.29) is 6.10 Å². The fourth-order valence-corrected chi connectivity index (χ4v) is 2.56. The first-order chi connectivity index (χ1) is 9.20. The molecule has 0 rings (SSSR count). The van der Waals surface area contributed by atoms with E-state index in [1.165, 1.54) is 30.8 Å². The van der Waals surface area contributed by atoms with Crippen molar-refractivity contribution in [2.75, 3.05) is 31.3 Å². The molecule has 0 heterocycles. The Bertz CT molecular complexity index is 182. The third kappa shape index (κ3) is 14.4. The summed E-state index contributed by atoms with van der Waals surface area (Å²) in [5.74, 6) is 2.37. The molecule has 2 N–H and O–H groups in total. The van der Waals surface area contributed by atoms with Crippen molar-refractivity contribution in [1.82, 2.24) is 5.32 Å². The van der Waals surface area contributed by atoms with Crippen LogP contribution < -0.4 is 5.32 Å². The second-order valence-corrected chi connectivity index (χ2v) is 6.48. The van der Waals surface area contributed by atoms with Gasteiger partial charge in [-0.25, -0.2) is 0 Å². The highest BCUT2D eigenvalue weighted by molar-refractivity contribution is 7.99. The molecule has 0 aliphatic rings. The number of hydrogen-bond acceptors (Lipinski definition) is 4. The van der Waals surface area contributed by atoms with Gasteiger partial charge in [-0.3, -0.25) is 0 Å². The summed E-state index contributed by atoms with van der Waals surface area (Å²) in [4.78, 5) is 0. The molecule has 0 fully saturated rings. The predicted octanol–water partition coefficient (Wildman–Crippen LogP) is 3.07. The highest BCUT2D eigenvalue weighted by Gasteiger charge is 2.07. The minimum Gasteiger partial charge on any atom is -0.389 e. The summed E-state index contributed by atoms with van der Waals surface area (Å²) < 4.78 is 5.48. The third-order valence-electron chi connectivity index (χ3n) is 3.05. The molecule has 0 bridgehead atoms. The van der Waals surface area contributed by atoms with Gasteiger partial charge in [-0.15, -0.1) is 0 Å². The number of aliphatic hydroxyl groups excluding tert-OH is 1. The van der Waals surface area contributed by atoms with E-state index < -0.39 is 0 Å². The Hall–Kier alpha value is 0.230. The molecule has 0 amide bonds. The Morgan fingerprint density at radius 3 is 2.68 bits per heavy atom. The molecule has 2 unspecified atom stereocenters. The van der Waals surface area contributed by atoms with Crippen molar-refractivity contribution in [3.63, 3.8) is 0 Å². The fraction of sp³-hybridized carbons (Fsp3) is 1.00. The molecule has 0 saturated carbocycles. The van der Waals surface area contributed by atoms with Crippen LogP contribution in [0.3, 0.4) is 0 Å². The Labute approximate surface area is 123 Å². The maximum atomic E-state index is 9.78. The van der Waals surface area contributed by atoms with Gasteiger partial charge in [0.05, 0.1) is 12.7 Å². The largest absolute Gasteiger partial charge is 0.389 e. The molecule has 3 nitrogen and oxygen atoms in total. The summed E-state index contributed by atoms with van der Waals surface area (Å²) in [6.45, 7) is 8.43. The molecule has 0 aromatic heterocycles. The Kier molecular flexibility index (Phi) is 14.8. The molecule has 116 valence electrons. The van der Waals surface area contributed by atoms with Crippen molar-refractivity contribution in [2.45, 2.75) is 65.0 Å². The first-order valence-electron chi connectivity index (χ1n) is 7.77. The summed E-state index contributed by atoms with van der Waals surface area (Å²) in [7, 11) is 0. The summed E-state index contributed by atoms with van der Waals surface area (Å²) in [6, 6.07) is 0.471. The smallest absolute Gasteiger partial charge is 0.0897 e. The number of nitrogens with one attached hydrogen (secondary N) is 1. The van der Waals surface area contributed by atoms with Gasteiger partial charge in [0.25, 0.3) is 0 Å². The summed E-state index contributed by atoms with van der Waals surface area (Å²) in [5, 5.41) is 13.1. The summed E-state index contributed by atoms with van der Waals surface area (Å²) in [5.41, 5.74) is 0. The SMILES string of the molecule is CCCCCCOCC(O)CNC(C)CCSCC. The highest BCUT2D eigenvalue weighted by Crippen LogP contribution is 2.04. The Morgan fingerprint density at radius 1 is 1.21 bits per heavy atom. The topological polar surface area (TPSA) is 41.5 Å². The summed E-state index contributed by atoms with van der Waals surface area (Å²) >= 11 is 1.97. The maximum absolute atomic E-state index is 9.78. The van der Waals surface area contributed by atoms with Crippen molar-refractivity contribution >= 4 is 11.8 Å². The standard InChI is InChI=1S/C15H33NO2S/c1-4-6-7-8-10-18-13-15(17)12-16-14(3)9-11-19-5-2/h14-17H,4-13H2,1-3H3. The van der Waals surface area contributed by atoms with Crippen LogP contribution in [-0.4, -0.2) is 48.5 Å². The molecule has 0 aliphatic carbocycles. The lowest BCUT2D eigenvalue weighted by Crippen LogP contribution is -2.36. The molecule has 0 saturated heterocycles. The molecule has 0 aliphatic heterocycles. The van der Waals surface area contributed by atoms with E-state index >= 15 is 0 Å². The van der Waals surface area contributed by atoms with E-state index in [1.54, 1.807) is 0 Å². The lowest BCUT2D eigenvalue weighted by atomic mass is 10.2. The molecular weight excluding hydrogens is 258 g/mol. The number of hydrogen-bond donors (Lipinski definition) is 2. The zero-order chi connectivity index (χ0) is 14.3. The van der Waals surface area contributed by atoms with Crippen molar-refractivity contribution in [1.29, 1.82) is 0 Å². The highest BCUT2D eigenvalue weighted by atomic mass is 32.2. The van der Waals surface area contributed by atoms with E-state index in [9.17, 15) is 5.11 Å². The van der Waals surface area contributed by atoms with E-state index in [1.807, 2.05) is 11.8 Å². The molecule has 0 spiro atoms. The van der Waals surface area contributed by atoms with Gasteiger partial charge in [0.2, 0.25) is 0 Å². The van der Waals surface area contributed by atoms with Crippen LogP contribution in [0.5, 0.6) is 0 Å². The van der Waals surface area contributed by atoms with Crippen molar-refractivity contribution < 1.29 is 9.84 Å². The average molecular weight is 292 g/mol.